The van der Waals surface area contributed by atoms with Gasteiger partial charge in [0.1, 0.15) is 0 Å². The zero-order valence-corrected chi connectivity index (χ0v) is 8.61. The second kappa shape index (κ2) is 4.61. The average Bonchev–Trinajstić information content (AvgIpc) is 2.16. The number of carbonyl (C=O) groups excluding carboxylic acids is 1. The molecule has 2 N–H and O–H groups in total. The number of rotatable bonds is 3. The average molecular weight is 235 g/mol. The van der Waals surface area contributed by atoms with Gasteiger partial charge in [-0.3, -0.25) is 14.4 Å². The Hall–Kier alpha value is -1.10. The van der Waals surface area contributed by atoms with Crippen LogP contribution in [0.3, 0.4) is 0 Å². The van der Waals surface area contributed by atoms with E-state index >= 15 is 0 Å². The van der Waals surface area contributed by atoms with E-state index in [1.165, 1.54) is 0 Å². The molecule has 1 rings (SSSR count). The summed E-state index contributed by atoms with van der Waals surface area (Å²) < 4.78 is 0. The summed E-state index contributed by atoms with van der Waals surface area (Å²) in [6, 6.07) is 0. The minimum Gasteiger partial charge on any atom is -0.481 e. The predicted octanol–water partition coefficient (Wildman–Crippen LogP) is 0.953. The lowest BCUT2D eigenvalue weighted by atomic mass is 9.74. The maximum absolute atomic E-state index is 10.9. The number of carbonyl (C=O) groups is 3. The number of hydrogen-bond donors (Lipinski definition) is 2. The number of carboxylic acid groups (broad SMARTS) is 2. The fourth-order valence-electron chi connectivity index (χ4n) is 1.95. The third kappa shape index (κ3) is 2.68. The maximum atomic E-state index is 10.9. The summed E-state index contributed by atoms with van der Waals surface area (Å²) in [5, 5.41) is 17.1. The molecule has 0 aromatic rings. The molecule has 1 aliphatic rings. The van der Waals surface area contributed by atoms with Gasteiger partial charge in [0, 0.05) is 5.92 Å². The van der Waals surface area contributed by atoms with E-state index in [1.54, 1.807) is 0 Å². The van der Waals surface area contributed by atoms with Crippen molar-refractivity contribution in [3.8, 4) is 0 Å². The second-order valence-corrected chi connectivity index (χ2v) is 4.08. The van der Waals surface area contributed by atoms with E-state index in [4.69, 9.17) is 21.8 Å². The molecule has 0 heterocycles. The molecule has 84 valence electrons. The first-order valence-electron chi connectivity index (χ1n) is 4.58. The molecule has 15 heavy (non-hydrogen) atoms. The zero-order valence-electron chi connectivity index (χ0n) is 7.85. The Kier molecular flexibility index (Phi) is 3.68. The Balaban J connectivity index is 2.78. The molecule has 0 spiro atoms. The normalized spacial score (nSPS) is 30.9. The molecule has 1 aliphatic carbocycles. The van der Waals surface area contributed by atoms with Crippen molar-refractivity contribution >= 4 is 28.8 Å². The number of hydrogen-bond acceptors (Lipinski definition) is 3. The highest BCUT2D eigenvalue weighted by molar-refractivity contribution is 6.64. The van der Waals surface area contributed by atoms with Crippen LogP contribution in [0.5, 0.6) is 0 Å². The number of carboxylic acids is 2. The third-order valence-corrected chi connectivity index (χ3v) is 3.11. The smallest absolute Gasteiger partial charge is 0.307 e. The topological polar surface area (TPSA) is 91.7 Å². The largest absolute Gasteiger partial charge is 0.481 e. The lowest BCUT2D eigenvalue weighted by Gasteiger charge is -2.29. The standard InChI is InChI=1S/C9H11ClO5/c10-7(11)4-1-2-5(8(12)13)6(3-4)9(14)15/h4-6H,1-3H2,(H,12,13)(H,14,15). The third-order valence-electron chi connectivity index (χ3n) is 2.81. The number of halogens is 1. The molecule has 0 radical (unpaired) electrons. The first kappa shape index (κ1) is 12.0. The van der Waals surface area contributed by atoms with Crippen LogP contribution in [-0.2, 0) is 14.4 Å². The first-order chi connectivity index (χ1) is 6.93. The van der Waals surface area contributed by atoms with E-state index in [9.17, 15) is 14.4 Å². The Morgan fingerprint density at radius 1 is 1.00 bits per heavy atom. The summed E-state index contributed by atoms with van der Waals surface area (Å²) in [6.07, 6.45) is 0.563. The van der Waals surface area contributed by atoms with Gasteiger partial charge in [-0.05, 0) is 30.9 Å². The van der Waals surface area contributed by atoms with Crippen molar-refractivity contribution in [1.29, 1.82) is 0 Å². The van der Waals surface area contributed by atoms with Crippen LogP contribution in [0.4, 0.5) is 0 Å². The van der Waals surface area contributed by atoms with E-state index in [2.05, 4.69) is 0 Å². The monoisotopic (exact) mass is 234 g/mol. The van der Waals surface area contributed by atoms with Crippen molar-refractivity contribution in [2.45, 2.75) is 19.3 Å². The van der Waals surface area contributed by atoms with Crippen LogP contribution in [0.25, 0.3) is 0 Å². The lowest BCUT2D eigenvalue weighted by Crippen LogP contribution is -2.36. The second-order valence-electron chi connectivity index (χ2n) is 3.70. The summed E-state index contributed by atoms with van der Waals surface area (Å²) in [5.41, 5.74) is 0. The molecule has 0 aliphatic heterocycles. The van der Waals surface area contributed by atoms with Crippen LogP contribution in [-0.4, -0.2) is 27.4 Å². The van der Waals surface area contributed by atoms with Gasteiger partial charge in [0.25, 0.3) is 0 Å². The van der Waals surface area contributed by atoms with Gasteiger partial charge in [0.05, 0.1) is 11.8 Å². The van der Waals surface area contributed by atoms with Gasteiger partial charge >= 0.3 is 11.9 Å². The van der Waals surface area contributed by atoms with Crippen molar-refractivity contribution in [3.63, 3.8) is 0 Å². The lowest BCUT2D eigenvalue weighted by molar-refractivity contribution is -0.157. The van der Waals surface area contributed by atoms with Crippen LogP contribution < -0.4 is 0 Å². The molecule has 1 fully saturated rings. The molecular formula is C9H11ClO5. The van der Waals surface area contributed by atoms with Gasteiger partial charge in [-0.15, -0.1) is 0 Å². The first-order valence-corrected chi connectivity index (χ1v) is 4.96. The van der Waals surface area contributed by atoms with E-state index < -0.39 is 34.9 Å². The predicted molar refractivity (Wildman–Crippen MR) is 50.5 cm³/mol. The molecular weight excluding hydrogens is 224 g/mol. The highest BCUT2D eigenvalue weighted by atomic mass is 35.5. The van der Waals surface area contributed by atoms with Gasteiger partial charge in [-0.25, -0.2) is 0 Å². The molecule has 5 nitrogen and oxygen atoms in total. The molecule has 1 saturated carbocycles. The van der Waals surface area contributed by atoms with Gasteiger partial charge in [-0.2, -0.15) is 0 Å². The Morgan fingerprint density at radius 3 is 1.93 bits per heavy atom. The highest BCUT2D eigenvalue weighted by Gasteiger charge is 2.41. The molecule has 3 unspecified atom stereocenters. The molecule has 3 atom stereocenters. The Morgan fingerprint density at radius 2 is 1.53 bits per heavy atom. The minimum absolute atomic E-state index is 0.0225. The van der Waals surface area contributed by atoms with Crippen LogP contribution in [0.2, 0.25) is 0 Å². The molecule has 0 bridgehead atoms. The van der Waals surface area contributed by atoms with Gasteiger partial charge in [0.2, 0.25) is 5.24 Å². The van der Waals surface area contributed by atoms with Crippen molar-refractivity contribution in [2.75, 3.05) is 0 Å². The zero-order chi connectivity index (χ0) is 11.6. The van der Waals surface area contributed by atoms with Crippen molar-refractivity contribution < 1.29 is 24.6 Å². The maximum Gasteiger partial charge on any atom is 0.307 e. The van der Waals surface area contributed by atoms with Gasteiger partial charge in [-0.1, -0.05) is 0 Å². The van der Waals surface area contributed by atoms with E-state index in [1.807, 2.05) is 0 Å². The summed E-state index contributed by atoms with van der Waals surface area (Å²) in [5.74, 6) is -4.74. The minimum atomic E-state index is -1.18. The Bertz CT molecular complexity index is 301. The molecule has 0 aromatic heterocycles. The van der Waals surface area contributed by atoms with Crippen molar-refractivity contribution in [3.05, 3.63) is 0 Å². The van der Waals surface area contributed by atoms with Crippen LogP contribution in [0.15, 0.2) is 0 Å². The summed E-state index contributed by atoms with van der Waals surface area (Å²) in [4.78, 5) is 32.5. The van der Waals surface area contributed by atoms with Crippen LogP contribution in [0.1, 0.15) is 19.3 Å². The molecule has 6 heteroatoms. The molecule has 0 amide bonds. The molecule has 0 saturated heterocycles. The van der Waals surface area contributed by atoms with E-state index in [0.717, 1.165) is 0 Å². The summed E-state index contributed by atoms with van der Waals surface area (Å²) in [7, 11) is 0. The summed E-state index contributed by atoms with van der Waals surface area (Å²) >= 11 is 5.27. The van der Waals surface area contributed by atoms with Crippen molar-refractivity contribution in [1.82, 2.24) is 0 Å². The quantitative estimate of drug-likeness (QED) is 0.710. The fourth-order valence-corrected chi connectivity index (χ4v) is 2.14. The molecule has 0 aromatic carbocycles. The number of aliphatic carboxylic acids is 2. The SMILES string of the molecule is O=C(Cl)C1CCC(C(=O)O)C(C(=O)O)C1. The summed E-state index contributed by atoms with van der Waals surface area (Å²) in [6.45, 7) is 0. The van der Waals surface area contributed by atoms with Crippen LogP contribution in [0, 0.1) is 17.8 Å². The van der Waals surface area contributed by atoms with Crippen LogP contribution >= 0.6 is 11.6 Å². The van der Waals surface area contributed by atoms with Crippen molar-refractivity contribution in [2.24, 2.45) is 17.8 Å². The van der Waals surface area contributed by atoms with E-state index in [0.29, 0.717) is 6.42 Å². The van der Waals surface area contributed by atoms with Gasteiger partial charge in [0.15, 0.2) is 0 Å². The van der Waals surface area contributed by atoms with E-state index in [-0.39, 0.29) is 12.8 Å². The van der Waals surface area contributed by atoms with Gasteiger partial charge < -0.3 is 10.2 Å². The fraction of sp³-hybridized carbons (Fsp3) is 0.667. The Labute approximate surface area is 91.0 Å². The highest BCUT2D eigenvalue weighted by Crippen LogP contribution is 2.35.